The third-order valence-electron chi connectivity index (χ3n) is 3.32. The van der Waals surface area contributed by atoms with Crippen LogP contribution in [0.5, 0.6) is 0 Å². The maximum absolute atomic E-state index is 12.6. The van der Waals surface area contributed by atoms with Crippen molar-refractivity contribution in [2.75, 3.05) is 6.54 Å². The van der Waals surface area contributed by atoms with Crippen LogP contribution in [0.4, 0.5) is 0 Å². The Kier molecular flexibility index (Phi) is 4.23. The number of nitrogens with zero attached hydrogens (tertiary/aromatic N) is 1. The molecule has 1 heterocycles. The van der Waals surface area contributed by atoms with E-state index in [1.54, 1.807) is 19.1 Å². The SMILES string of the molecule is Cc1c(C(=O)N(CC(N)=O)C(C)C)oc2c(Cl)cccc12. The average Bonchev–Trinajstić information content (AvgIpc) is 2.74. The van der Waals surface area contributed by atoms with Gasteiger partial charge in [-0.1, -0.05) is 23.7 Å². The van der Waals surface area contributed by atoms with Crippen molar-refractivity contribution in [2.24, 2.45) is 5.73 Å². The van der Waals surface area contributed by atoms with Gasteiger partial charge in [0, 0.05) is 17.0 Å². The van der Waals surface area contributed by atoms with Crippen LogP contribution >= 0.6 is 11.6 Å². The molecule has 112 valence electrons. The quantitative estimate of drug-likeness (QED) is 0.943. The van der Waals surface area contributed by atoms with E-state index in [1.807, 2.05) is 19.9 Å². The maximum atomic E-state index is 12.6. The van der Waals surface area contributed by atoms with E-state index in [0.29, 0.717) is 16.2 Å². The molecule has 0 radical (unpaired) electrons. The van der Waals surface area contributed by atoms with Crippen molar-refractivity contribution < 1.29 is 14.0 Å². The van der Waals surface area contributed by atoms with Crippen LogP contribution in [-0.4, -0.2) is 29.3 Å². The second-order valence-corrected chi connectivity index (χ2v) is 5.57. The van der Waals surface area contributed by atoms with Crippen molar-refractivity contribution in [3.8, 4) is 0 Å². The summed E-state index contributed by atoms with van der Waals surface area (Å²) >= 11 is 6.08. The van der Waals surface area contributed by atoms with E-state index in [4.69, 9.17) is 21.8 Å². The number of halogens is 1. The van der Waals surface area contributed by atoms with Crippen LogP contribution in [0, 0.1) is 6.92 Å². The van der Waals surface area contributed by atoms with Crippen LogP contribution in [0.3, 0.4) is 0 Å². The Morgan fingerprint density at radius 1 is 1.38 bits per heavy atom. The number of benzene rings is 1. The van der Waals surface area contributed by atoms with Crippen LogP contribution in [0.1, 0.15) is 30.0 Å². The van der Waals surface area contributed by atoms with Crippen molar-refractivity contribution >= 4 is 34.4 Å². The molecule has 2 amide bonds. The molecule has 1 aromatic heterocycles. The highest BCUT2D eigenvalue weighted by molar-refractivity contribution is 6.35. The van der Waals surface area contributed by atoms with Crippen molar-refractivity contribution in [3.63, 3.8) is 0 Å². The van der Waals surface area contributed by atoms with Crippen LogP contribution in [-0.2, 0) is 4.79 Å². The van der Waals surface area contributed by atoms with Crippen molar-refractivity contribution in [2.45, 2.75) is 26.8 Å². The van der Waals surface area contributed by atoms with E-state index in [2.05, 4.69) is 0 Å². The number of primary amides is 1. The molecule has 0 atom stereocenters. The third-order valence-corrected chi connectivity index (χ3v) is 3.62. The van der Waals surface area contributed by atoms with Crippen LogP contribution < -0.4 is 5.73 Å². The Labute approximate surface area is 127 Å². The number of carbonyl (C=O) groups is 2. The van der Waals surface area contributed by atoms with Gasteiger partial charge in [0.05, 0.1) is 11.6 Å². The van der Waals surface area contributed by atoms with Crippen LogP contribution in [0.15, 0.2) is 22.6 Å². The number of amides is 2. The summed E-state index contributed by atoms with van der Waals surface area (Å²) in [6.45, 7) is 5.26. The van der Waals surface area contributed by atoms with Gasteiger partial charge < -0.3 is 15.1 Å². The molecule has 2 rings (SSSR count). The van der Waals surface area contributed by atoms with E-state index < -0.39 is 5.91 Å². The molecular weight excluding hydrogens is 292 g/mol. The maximum Gasteiger partial charge on any atom is 0.290 e. The summed E-state index contributed by atoms with van der Waals surface area (Å²) in [5, 5.41) is 1.23. The van der Waals surface area contributed by atoms with Gasteiger partial charge >= 0.3 is 0 Å². The van der Waals surface area contributed by atoms with Crippen molar-refractivity contribution in [1.29, 1.82) is 0 Å². The zero-order valence-electron chi connectivity index (χ0n) is 12.1. The molecule has 0 saturated heterocycles. The number of para-hydroxylation sites is 1. The monoisotopic (exact) mass is 308 g/mol. The van der Waals surface area contributed by atoms with Crippen molar-refractivity contribution in [3.05, 3.63) is 34.5 Å². The molecule has 0 unspecified atom stereocenters. The molecule has 0 saturated carbocycles. The molecule has 0 aliphatic heterocycles. The van der Waals surface area contributed by atoms with Crippen molar-refractivity contribution in [1.82, 2.24) is 4.90 Å². The van der Waals surface area contributed by atoms with Crippen LogP contribution in [0.25, 0.3) is 11.0 Å². The average molecular weight is 309 g/mol. The fraction of sp³-hybridized carbons (Fsp3) is 0.333. The normalized spacial score (nSPS) is 11.1. The predicted octanol–water partition coefficient (Wildman–Crippen LogP) is 2.73. The molecule has 0 aliphatic rings. The Hall–Kier alpha value is -2.01. The topological polar surface area (TPSA) is 76.5 Å². The lowest BCUT2D eigenvalue weighted by Gasteiger charge is -2.24. The summed E-state index contributed by atoms with van der Waals surface area (Å²) in [5.74, 6) is -0.745. The minimum atomic E-state index is -0.566. The number of hydrogen-bond donors (Lipinski definition) is 1. The smallest absolute Gasteiger partial charge is 0.290 e. The van der Waals surface area contributed by atoms with E-state index >= 15 is 0 Å². The number of aryl methyl sites for hydroxylation is 1. The lowest BCUT2D eigenvalue weighted by Crippen LogP contribution is -2.42. The highest BCUT2D eigenvalue weighted by Gasteiger charge is 2.26. The standard InChI is InChI=1S/C15H17ClN2O3/c1-8(2)18(7-12(17)19)15(20)13-9(3)10-5-4-6-11(16)14(10)21-13/h4-6,8H,7H2,1-3H3,(H2,17,19). The summed E-state index contributed by atoms with van der Waals surface area (Å²) in [6.07, 6.45) is 0. The zero-order valence-corrected chi connectivity index (χ0v) is 12.9. The predicted molar refractivity (Wildman–Crippen MR) is 81.3 cm³/mol. The fourth-order valence-corrected chi connectivity index (χ4v) is 2.41. The number of carbonyl (C=O) groups excluding carboxylic acids is 2. The van der Waals surface area contributed by atoms with E-state index in [-0.39, 0.29) is 24.3 Å². The molecular formula is C15H17ClN2O3. The molecule has 6 heteroatoms. The first-order valence-electron chi connectivity index (χ1n) is 6.59. The molecule has 2 aromatic rings. The lowest BCUT2D eigenvalue weighted by molar-refractivity contribution is -0.119. The number of nitrogens with two attached hydrogens (primary N) is 1. The van der Waals surface area contributed by atoms with E-state index in [9.17, 15) is 9.59 Å². The summed E-state index contributed by atoms with van der Waals surface area (Å²) in [6, 6.07) is 5.16. The minimum absolute atomic E-state index is 0.152. The summed E-state index contributed by atoms with van der Waals surface area (Å²) in [7, 11) is 0. The van der Waals surface area contributed by atoms with Gasteiger partial charge in [-0.15, -0.1) is 0 Å². The molecule has 5 nitrogen and oxygen atoms in total. The molecule has 2 N–H and O–H groups in total. The molecule has 21 heavy (non-hydrogen) atoms. The first-order valence-corrected chi connectivity index (χ1v) is 6.97. The third kappa shape index (κ3) is 2.88. The lowest BCUT2D eigenvalue weighted by atomic mass is 10.1. The first-order chi connectivity index (χ1) is 9.82. The van der Waals surface area contributed by atoms with Gasteiger partial charge in [-0.25, -0.2) is 0 Å². The fourth-order valence-electron chi connectivity index (χ4n) is 2.20. The highest BCUT2D eigenvalue weighted by Crippen LogP contribution is 2.31. The van der Waals surface area contributed by atoms with Gasteiger partial charge in [-0.05, 0) is 26.8 Å². The minimum Gasteiger partial charge on any atom is -0.449 e. The molecule has 0 aliphatic carbocycles. The van der Waals surface area contributed by atoms with Gasteiger partial charge in [0.1, 0.15) is 0 Å². The summed E-state index contributed by atoms with van der Waals surface area (Å²) < 4.78 is 5.63. The number of rotatable bonds is 4. The van der Waals surface area contributed by atoms with Gasteiger partial charge in [-0.3, -0.25) is 9.59 Å². The van der Waals surface area contributed by atoms with Gasteiger partial charge in [0.15, 0.2) is 11.3 Å². The second-order valence-electron chi connectivity index (χ2n) is 5.17. The van der Waals surface area contributed by atoms with Crippen LogP contribution in [0.2, 0.25) is 5.02 Å². The number of hydrogen-bond acceptors (Lipinski definition) is 3. The van der Waals surface area contributed by atoms with Gasteiger partial charge in [0.25, 0.3) is 5.91 Å². The summed E-state index contributed by atoms with van der Waals surface area (Å²) in [5.41, 5.74) is 6.38. The number of fused-ring (bicyclic) bond motifs is 1. The highest BCUT2D eigenvalue weighted by atomic mass is 35.5. The Morgan fingerprint density at radius 3 is 2.57 bits per heavy atom. The van der Waals surface area contributed by atoms with E-state index in [1.165, 1.54) is 4.90 Å². The second kappa shape index (κ2) is 5.77. The Morgan fingerprint density at radius 2 is 2.05 bits per heavy atom. The molecule has 0 fully saturated rings. The van der Waals surface area contributed by atoms with Gasteiger partial charge in [-0.2, -0.15) is 0 Å². The Balaban J connectivity index is 2.49. The first kappa shape index (κ1) is 15.4. The molecule has 0 bridgehead atoms. The summed E-state index contributed by atoms with van der Waals surface area (Å²) in [4.78, 5) is 25.1. The molecule has 0 spiro atoms. The zero-order chi connectivity index (χ0) is 15.7. The Bertz CT molecular complexity index is 706. The molecule has 1 aromatic carbocycles. The van der Waals surface area contributed by atoms with Gasteiger partial charge in [0.2, 0.25) is 5.91 Å². The number of furan rings is 1. The largest absolute Gasteiger partial charge is 0.449 e. The van der Waals surface area contributed by atoms with E-state index in [0.717, 1.165) is 5.39 Å².